The molecular formula is C17H24BN3O2S. The molecule has 0 radical (unpaired) electrons. The third kappa shape index (κ3) is 3.83. The Balaban J connectivity index is 1.58. The molecule has 2 heterocycles. The Hall–Kier alpha value is -1.34. The van der Waals surface area contributed by atoms with E-state index in [1.807, 2.05) is 26.2 Å². The summed E-state index contributed by atoms with van der Waals surface area (Å²) in [7, 11) is 0.765. The molecule has 0 unspecified atom stereocenters. The lowest BCUT2D eigenvalue weighted by atomic mass is 9.73. The van der Waals surface area contributed by atoms with Gasteiger partial charge in [-0.3, -0.25) is 4.79 Å². The largest absolute Gasteiger partial charge is 0.390 e. The van der Waals surface area contributed by atoms with Crippen LogP contribution in [-0.4, -0.2) is 46.1 Å². The first-order valence-electron chi connectivity index (χ1n) is 8.50. The van der Waals surface area contributed by atoms with Crippen LogP contribution in [-0.2, 0) is 0 Å². The maximum atomic E-state index is 12.5. The fraction of sp³-hybridized carbons (Fsp3) is 0.588. The Morgan fingerprint density at radius 1 is 1.38 bits per heavy atom. The second-order valence-electron chi connectivity index (χ2n) is 7.27. The van der Waals surface area contributed by atoms with Crippen molar-refractivity contribution in [1.29, 1.82) is 0 Å². The molecule has 0 spiro atoms. The third-order valence-electron chi connectivity index (χ3n) is 5.07. The van der Waals surface area contributed by atoms with Crippen LogP contribution in [0, 0.1) is 5.92 Å². The highest BCUT2D eigenvalue weighted by molar-refractivity contribution is 8.16. The number of carbonyl (C=O) groups excluding carboxylic acids is 1. The highest BCUT2D eigenvalue weighted by atomic mass is 32.2. The number of aliphatic imine (C=N–C) groups is 1. The van der Waals surface area contributed by atoms with E-state index in [2.05, 4.69) is 15.3 Å². The topological polar surface area (TPSA) is 74.6 Å². The summed E-state index contributed by atoms with van der Waals surface area (Å²) in [6, 6.07) is 2.09. The van der Waals surface area contributed by atoms with Gasteiger partial charge in [-0.25, -0.2) is 9.98 Å². The molecule has 1 amide bonds. The van der Waals surface area contributed by atoms with Gasteiger partial charge in [0.2, 0.25) is 7.28 Å². The van der Waals surface area contributed by atoms with Crippen LogP contribution < -0.4 is 10.8 Å². The predicted octanol–water partition coefficient (Wildman–Crippen LogP) is 1.57. The molecule has 1 aliphatic carbocycles. The molecule has 24 heavy (non-hydrogen) atoms. The molecule has 1 saturated carbocycles. The van der Waals surface area contributed by atoms with E-state index >= 15 is 0 Å². The van der Waals surface area contributed by atoms with Crippen molar-refractivity contribution in [3.8, 4) is 0 Å². The molecule has 5 nitrogen and oxygen atoms in total. The molecule has 0 atom stereocenters. The summed E-state index contributed by atoms with van der Waals surface area (Å²) in [6.45, 7) is 3.75. The van der Waals surface area contributed by atoms with Crippen LogP contribution in [0.4, 0.5) is 5.82 Å². The Labute approximate surface area is 148 Å². The number of nitrogens with zero attached hydrogens (tertiary/aromatic N) is 2. The summed E-state index contributed by atoms with van der Waals surface area (Å²) in [5, 5.41) is 13.2. The molecule has 0 saturated heterocycles. The minimum atomic E-state index is -0.631. The van der Waals surface area contributed by atoms with Gasteiger partial charge in [-0.05, 0) is 63.2 Å². The molecule has 7 heteroatoms. The van der Waals surface area contributed by atoms with Gasteiger partial charge in [0, 0.05) is 17.2 Å². The van der Waals surface area contributed by atoms with Crippen molar-refractivity contribution in [3.63, 3.8) is 0 Å². The maximum Gasteiger partial charge on any atom is 0.253 e. The summed E-state index contributed by atoms with van der Waals surface area (Å²) in [4.78, 5) is 22.3. The summed E-state index contributed by atoms with van der Waals surface area (Å²) < 4.78 is 0. The Morgan fingerprint density at radius 3 is 2.71 bits per heavy atom. The van der Waals surface area contributed by atoms with Gasteiger partial charge in [0.05, 0.1) is 11.2 Å². The van der Waals surface area contributed by atoms with E-state index in [1.165, 1.54) is 0 Å². The van der Waals surface area contributed by atoms with Crippen molar-refractivity contribution in [2.24, 2.45) is 10.9 Å². The lowest BCUT2D eigenvalue weighted by molar-refractivity contribution is -0.00257. The average Bonchev–Trinajstić information content (AvgIpc) is 2.96. The lowest BCUT2D eigenvalue weighted by Crippen LogP contribution is -2.42. The van der Waals surface area contributed by atoms with Crippen molar-refractivity contribution in [1.82, 2.24) is 10.3 Å². The van der Waals surface area contributed by atoms with E-state index in [9.17, 15) is 9.90 Å². The van der Waals surface area contributed by atoms with E-state index in [4.69, 9.17) is 0 Å². The highest BCUT2D eigenvalue weighted by Crippen LogP contribution is 2.32. The van der Waals surface area contributed by atoms with Crippen molar-refractivity contribution >= 4 is 41.2 Å². The van der Waals surface area contributed by atoms with Crippen LogP contribution in [0.25, 0.3) is 0 Å². The average molecular weight is 345 g/mol. The molecule has 1 aliphatic heterocycles. The van der Waals surface area contributed by atoms with Gasteiger partial charge in [-0.15, -0.1) is 11.8 Å². The van der Waals surface area contributed by atoms with E-state index in [-0.39, 0.29) is 11.9 Å². The van der Waals surface area contributed by atoms with Crippen LogP contribution >= 0.6 is 11.8 Å². The van der Waals surface area contributed by atoms with Gasteiger partial charge in [-0.1, -0.05) is 0 Å². The molecule has 128 valence electrons. The Kier molecular flexibility index (Phi) is 5.01. The van der Waals surface area contributed by atoms with Gasteiger partial charge in [-0.2, -0.15) is 0 Å². The van der Waals surface area contributed by atoms with E-state index in [0.717, 1.165) is 49.2 Å². The first-order chi connectivity index (χ1) is 11.4. The fourth-order valence-corrected chi connectivity index (χ4v) is 3.99. The van der Waals surface area contributed by atoms with Gasteiger partial charge in [0.25, 0.3) is 5.91 Å². The number of carbonyl (C=O) groups is 1. The molecule has 3 rings (SSSR count). The number of nitrogens with one attached hydrogen (secondary N) is 1. The Morgan fingerprint density at radius 2 is 2.08 bits per heavy atom. The predicted molar refractivity (Wildman–Crippen MR) is 101 cm³/mol. The van der Waals surface area contributed by atoms with Crippen LogP contribution in [0.3, 0.4) is 0 Å². The zero-order valence-electron chi connectivity index (χ0n) is 14.5. The lowest BCUT2D eigenvalue weighted by Gasteiger charge is -2.36. The normalized spacial score (nSPS) is 23.2. The van der Waals surface area contributed by atoms with Crippen LogP contribution in [0.1, 0.15) is 49.9 Å². The SMILES string of the molecule is CSC1=Nc2ncc(C(=O)NC3CCC(C(C)(C)O)CC3)cc2B1. The highest BCUT2D eigenvalue weighted by Gasteiger charge is 2.32. The molecule has 1 aromatic heterocycles. The molecule has 2 aliphatic rings. The first-order valence-corrected chi connectivity index (χ1v) is 9.73. The number of aromatic nitrogens is 1. The molecule has 0 aromatic carbocycles. The molecule has 1 fully saturated rings. The zero-order chi connectivity index (χ0) is 17.3. The number of pyridine rings is 1. The fourth-order valence-electron chi connectivity index (χ4n) is 3.51. The summed E-state index contributed by atoms with van der Waals surface area (Å²) in [6.07, 6.45) is 7.34. The molecule has 2 N–H and O–H groups in total. The summed E-state index contributed by atoms with van der Waals surface area (Å²) >= 11 is 1.62. The standard InChI is InChI=1S/C17H24BN3O2S/c1-17(2,23)11-4-6-12(7-5-11)20-15(22)10-8-13-14(19-9-10)21-16(18-13)24-3/h8-9,11-12,18,23H,4-7H2,1-3H3,(H,20,22). The van der Waals surface area contributed by atoms with Crippen LogP contribution in [0.2, 0.25) is 0 Å². The molecular weight excluding hydrogens is 321 g/mol. The Bertz CT molecular complexity index is 664. The zero-order valence-corrected chi connectivity index (χ0v) is 15.3. The van der Waals surface area contributed by atoms with Gasteiger partial charge >= 0.3 is 0 Å². The smallest absolute Gasteiger partial charge is 0.253 e. The van der Waals surface area contributed by atoms with Crippen LogP contribution in [0.15, 0.2) is 17.3 Å². The number of amides is 1. The number of hydrogen-bond donors (Lipinski definition) is 2. The second kappa shape index (κ2) is 6.88. The summed E-state index contributed by atoms with van der Waals surface area (Å²) in [5.74, 6) is 0.991. The number of thioether (sulfide) groups is 1. The summed E-state index contributed by atoms with van der Waals surface area (Å²) in [5.41, 5.74) is 1.00. The molecule has 1 aromatic rings. The number of aliphatic hydroxyl groups is 1. The van der Waals surface area contributed by atoms with Crippen molar-refractivity contribution in [3.05, 3.63) is 17.8 Å². The van der Waals surface area contributed by atoms with E-state index < -0.39 is 5.60 Å². The van der Waals surface area contributed by atoms with Gasteiger partial charge in [0.1, 0.15) is 5.82 Å². The minimum Gasteiger partial charge on any atom is -0.390 e. The third-order valence-corrected chi connectivity index (χ3v) is 5.78. The van der Waals surface area contributed by atoms with Gasteiger partial charge in [0.15, 0.2) is 0 Å². The molecule has 0 bridgehead atoms. The number of fused-ring (bicyclic) bond motifs is 1. The van der Waals surface area contributed by atoms with E-state index in [1.54, 1.807) is 18.0 Å². The number of hydrogen-bond acceptors (Lipinski definition) is 5. The van der Waals surface area contributed by atoms with Crippen molar-refractivity contribution < 1.29 is 9.90 Å². The van der Waals surface area contributed by atoms with Crippen molar-refractivity contribution in [2.75, 3.05) is 6.26 Å². The minimum absolute atomic E-state index is 0.0605. The van der Waals surface area contributed by atoms with E-state index in [0.29, 0.717) is 11.5 Å². The van der Waals surface area contributed by atoms with Crippen molar-refractivity contribution in [2.45, 2.75) is 51.2 Å². The van der Waals surface area contributed by atoms with Gasteiger partial charge < -0.3 is 10.4 Å². The second-order valence-corrected chi connectivity index (χ2v) is 8.15. The van der Waals surface area contributed by atoms with Crippen LogP contribution in [0.5, 0.6) is 0 Å². The first kappa shape index (κ1) is 17.5. The maximum absolute atomic E-state index is 12.5. The number of rotatable bonds is 3. The quantitative estimate of drug-likeness (QED) is 0.816. The monoisotopic (exact) mass is 345 g/mol.